The predicted molar refractivity (Wildman–Crippen MR) is 103 cm³/mol. The van der Waals surface area contributed by atoms with E-state index in [1.165, 1.54) is 25.3 Å². The third-order valence-electron chi connectivity index (χ3n) is 4.54. The summed E-state index contributed by atoms with van der Waals surface area (Å²) in [5.74, 6) is -1.83. The molecule has 3 rings (SSSR count). The summed E-state index contributed by atoms with van der Waals surface area (Å²) in [5, 5.41) is 4.78. The van der Waals surface area contributed by atoms with Crippen LogP contribution in [-0.2, 0) is 30.9 Å². The standard InChI is InChI=1S/C19H22FN3O6S/c1-13-10-15(5-6-16(13)20)30(26,27)23-7-3-9-29-17(23)12-22-19(25)18(24)21-11-14-4-2-8-28-14/h2,4-6,8,10,17H,3,7,9,11-12H2,1H3,(H,21,24)(H,22,25)/t17-/m1/s1. The number of nitrogens with zero attached hydrogens (tertiary/aromatic N) is 1. The number of sulfonamides is 1. The van der Waals surface area contributed by atoms with Gasteiger partial charge in [-0.2, -0.15) is 4.31 Å². The summed E-state index contributed by atoms with van der Waals surface area (Å²) >= 11 is 0. The molecule has 2 N–H and O–H groups in total. The maximum absolute atomic E-state index is 13.5. The molecule has 1 atom stereocenters. The van der Waals surface area contributed by atoms with E-state index in [1.807, 2.05) is 0 Å². The third kappa shape index (κ3) is 5.04. The molecule has 2 amide bonds. The summed E-state index contributed by atoms with van der Waals surface area (Å²) in [6.45, 7) is 1.78. The quantitative estimate of drug-likeness (QED) is 0.646. The van der Waals surface area contributed by atoms with E-state index in [9.17, 15) is 22.4 Å². The van der Waals surface area contributed by atoms with Crippen molar-refractivity contribution in [1.82, 2.24) is 14.9 Å². The average Bonchev–Trinajstić information content (AvgIpc) is 3.26. The molecule has 162 valence electrons. The van der Waals surface area contributed by atoms with Crippen LogP contribution in [0.25, 0.3) is 0 Å². The van der Waals surface area contributed by atoms with Crippen molar-refractivity contribution in [2.24, 2.45) is 0 Å². The van der Waals surface area contributed by atoms with Gasteiger partial charge in [0, 0.05) is 6.54 Å². The third-order valence-corrected chi connectivity index (χ3v) is 6.42. The average molecular weight is 439 g/mol. The number of benzene rings is 1. The van der Waals surface area contributed by atoms with Crippen molar-refractivity contribution in [1.29, 1.82) is 0 Å². The first-order valence-electron chi connectivity index (χ1n) is 9.27. The first-order valence-corrected chi connectivity index (χ1v) is 10.7. The number of halogens is 1. The summed E-state index contributed by atoms with van der Waals surface area (Å²) in [6.07, 6.45) is 0.920. The van der Waals surface area contributed by atoms with E-state index >= 15 is 0 Å². The van der Waals surface area contributed by atoms with Gasteiger partial charge in [-0.3, -0.25) is 9.59 Å². The molecule has 2 heterocycles. The Morgan fingerprint density at radius 2 is 2.00 bits per heavy atom. The Labute approximate surface area is 173 Å². The van der Waals surface area contributed by atoms with Crippen molar-refractivity contribution < 1.29 is 31.6 Å². The van der Waals surface area contributed by atoms with E-state index in [1.54, 1.807) is 12.1 Å². The van der Waals surface area contributed by atoms with Gasteiger partial charge in [-0.05, 0) is 49.2 Å². The van der Waals surface area contributed by atoms with Crippen molar-refractivity contribution in [2.75, 3.05) is 19.7 Å². The molecule has 11 heteroatoms. The highest BCUT2D eigenvalue weighted by molar-refractivity contribution is 7.89. The second-order valence-electron chi connectivity index (χ2n) is 6.68. The monoisotopic (exact) mass is 439 g/mol. The van der Waals surface area contributed by atoms with Crippen molar-refractivity contribution in [3.8, 4) is 0 Å². The Kier molecular flexibility index (Phi) is 6.85. The molecule has 1 aromatic heterocycles. The summed E-state index contributed by atoms with van der Waals surface area (Å²) in [7, 11) is -3.98. The van der Waals surface area contributed by atoms with E-state index in [4.69, 9.17) is 9.15 Å². The number of amides is 2. The van der Waals surface area contributed by atoms with Gasteiger partial charge in [0.1, 0.15) is 17.8 Å². The number of carbonyl (C=O) groups excluding carboxylic acids is 2. The van der Waals surface area contributed by atoms with Crippen LogP contribution in [0, 0.1) is 12.7 Å². The zero-order chi connectivity index (χ0) is 21.7. The predicted octanol–water partition coefficient (Wildman–Crippen LogP) is 0.897. The smallest absolute Gasteiger partial charge is 0.309 e. The lowest BCUT2D eigenvalue weighted by Crippen LogP contribution is -2.53. The number of ether oxygens (including phenoxy) is 1. The highest BCUT2D eigenvalue weighted by atomic mass is 32.2. The Bertz CT molecular complexity index is 1010. The molecule has 0 saturated carbocycles. The molecule has 0 unspecified atom stereocenters. The van der Waals surface area contributed by atoms with Gasteiger partial charge in [0.25, 0.3) is 0 Å². The lowest BCUT2D eigenvalue weighted by molar-refractivity contribution is -0.140. The lowest BCUT2D eigenvalue weighted by Gasteiger charge is -2.34. The SMILES string of the molecule is Cc1cc(S(=O)(=O)N2CCCO[C@@H]2CNC(=O)C(=O)NCc2ccco2)ccc1F. The minimum atomic E-state index is -3.98. The zero-order valence-corrected chi connectivity index (χ0v) is 17.1. The van der Waals surface area contributed by atoms with Crippen LogP contribution in [0.3, 0.4) is 0 Å². The fraction of sp³-hybridized carbons (Fsp3) is 0.368. The fourth-order valence-electron chi connectivity index (χ4n) is 2.94. The van der Waals surface area contributed by atoms with Gasteiger partial charge in [-0.25, -0.2) is 12.8 Å². The Morgan fingerprint density at radius 1 is 1.23 bits per heavy atom. The molecule has 0 aliphatic carbocycles. The molecule has 0 radical (unpaired) electrons. The van der Waals surface area contributed by atoms with Crippen molar-refractivity contribution in [3.63, 3.8) is 0 Å². The van der Waals surface area contributed by atoms with Crippen LogP contribution in [-0.4, -0.2) is 50.5 Å². The molecular formula is C19H22FN3O6S. The Morgan fingerprint density at radius 3 is 2.70 bits per heavy atom. The fourth-order valence-corrected chi connectivity index (χ4v) is 4.59. The van der Waals surface area contributed by atoms with Crippen LogP contribution in [0.5, 0.6) is 0 Å². The molecule has 9 nitrogen and oxygen atoms in total. The largest absolute Gasteiger partial charge is 0.467 e. The maximum atomic E-state index is 13.5. The number of aryl methyl sites for hydroxylation is 1. The first-order chi connectivity index (χ1) is 14.3. The van der Waals surface area contributed by atoms with Gasteiger partial charge in [0.2, 0.25) is 10.0 Å². The van der Waals surface area contributed by atoms with Crippen LogP contribution < -0.4 is 10.6 Å². The number of hydrogen-bond donors (Lipinski definition) is 2. The van der Waals surface area contributed by atoms with Crippen LogP contribution in [0.15, 0.2) is 45.9 Å². The van der Waals surface area contributed by atoms with Gasteiger partial charge in [0.15, 0.2) is 0 Å². The lowest BCUT2D eigenvalue weighted by atomic mass is 10.2. The topological polar surface area (TPSA) is 118 Å². The second-order valence-corrected chi connectivity index (χ2v) is 8.57. The highest BCUT2D eigenvalue weighted by Crippen LogP contribution is 2.23. The number of carbonyl (C=O) groups is 2. The van der Waals surface area contributed by atoms with Crippen molar-refractivity contribution in [2.45, 2.75) is 31.0 Å². The number of nitrogens with one attached hydrogen (secondary N) is 2. The molecule has 1 saturated heterocycles. The van der Waals surface area contributed by atoms with E-state index in [2.05, 4.69) is 10.6 Å². The molecule has 0 bridgehead atoms. The Balaban J connectivity index is 1.63. The molecule has 1 aromatic carbocycles. The maximum Gasteiger partial charge on any atom is 0.309 e. The zero-order valence-electron chi connectivity index (χ0n) is 16.3. The molecule has 30 heavy (non-hydrogen) atoms. The number of rotatable bonds is 6. The van der Waals surface area contributed by atoms with Crippen LogP contribution in [0.1, 0.15) is 17.7 Å². The van der Waals surface area contributed by atoms with Crippen LogP contribution >= 0.6 is 0 Å². The molecular weight excluding hydrogens is 417 g/mol. The summed E-state index contributed by atoms with van der Waals surface area (Å²) in [5.41, 5.74) is 0.201. The second kappa shape index (κ2) is 9.37. The van der Waals surface area contributed by atoms with Crippen LogP contribution in [0.4, 0.5) is 4.39 Å². The van der Waals surface area contributed by atoms with E-state index in [0.717, 1.165) is 10.4 Å². The molecule has 1 fully saturated rings. The van der Waals surface area contributed by atoms with E-state index in [-0.39, 0.29) is 30.1 Å². The summed E-state index contributed by atoms with van der Waals surface area (Å²) in [6, 6.07) is 6.82. The van der Waals surface area contributed by atoms with Crippen molar-refractivity contribution in [3.05, 3.63) is 53.7 Å². The number of hydrogen-bond acceptors (Lipinski definition) is 6. The normalized spacial score (nSPS) is 17.5. The summed E-state index contributed by atoms with van der Waals surface area (Å²) < 4.78 is 51.2. The highest BCUT2D eigenvalue weighted by Gasteiger charge is 2.35. The summed E-state index contributed by atoms with van der Waals surface area (Å²) in [4.78, 5) is 23.9. The van der Waals surface area contributed by atoms with E-state index < -0.39 is 33.9 Å². The molecule has 0 spiro atoms. The van der Waals surface area contributed by atoms with E-state index in [0.29, 0.717) is 18.8 Å². The minimum Gasteiger partial charge on any atom is -0.467 e. The molecule has 1 aliphatic rings. The van der Waals surface area contributed by atoms with Gasteiger partial charge < -0.3 is 19.8 Å². The first kappa shape index (κ1) is 21.9. The van der Waals surface area contributed by atoms with Crippen molar-refractivity contribution >= 4 is 21.8 Å². The minimum absolute atomic E-state index is 0.0452. The molecule has 1 aliphatic heterocycles. The Hall–Kier alpha value is -2.76. The van der Waals surface area contributed by atoms with Gasteiger partial charge >= 0.3 is 11.8 Å². The number of furan rings is 1. The van der Waals surface area contributed by atoms with Gasteiger partial charge in [-0.15, -0.1) is 0 Å². The van der Waals surface area contributed by atoms with Crippen LogP contribution in [0.2, 0.25) is 0 Å². The van der Waals surface area contributed by atoms with Gasteiger partial charge in [-0.1, -0.05) is 0 Å². The molecule has 2 aromatic rings. The van der Waals surface area contributed by atoms with Gasteiger partial charge in [0.05, 0.1) is 30.9 Å².